The number of nitro benzene ring substituents is 1. The van der Waals surface area contributed by atoms with E-state index in [4.69, 9.17) is 11.6 Å². The monoisotopic (exact) mass is 304 g/mol. The van der Waals surface area contributed by atoms with Gasteiger partial charge in [0.2, 0.25) is 0 Å². The van der Waals surface area contributed by atoms with E-state index < -0.39 is 4.92 Å². The first-order chi connectivity index (χ1) is 9.88. The summed E-state index contributed by atoms with van der Waals surface area (Å²) in [6, 6.07) is 9.07. The van der Waals surface area contributed by atoms with Crippen molar-refractivity contribution in [3.63, 3.8) is 0 Å². The highest BCUT2D eigenvalue weighted by Crippen LogP contribution is 2.27. The maximum atomic E-state index is 12.1. The zero-order chi connectivity index (χ0) is 15.6. The van der Waals surface area contributed by atoms with E-state index in [0.717, 1.165) is 11.1 Å². The second-order valence-electron chi connectivity index (χ2n) is 4.70. The average molecular weight is 305 g/mol. The summed E-state index contributed by atoms with van der Waals surface area (Å²) < 4.78 is 0. The topological polar surface area (TPSA) is 72.2 Å². The standard InChI is InChI=1S/C15H13ClN2O3/c1-9-7-10(2)14(13(16)8-9)17-15(19)11-3-5-12(6-4-11)18(20)21/h3-8H,1-2H3,(H,17,19). The molecule has 0 unspecified atom stereocenters. The van der Waals surface area contributed by atoms with Crippen molar-refractivity contribution >= 4 is 28.9 Å². The zero-order valence-electron chi connectivity index (χ0n) is 11.5. The Morgan fingerprint density at radius 2 is 1.81 bits per heavy atom. The van der Waals surface area contributed by atoms with Crippen molar-refractivity contribution in [3.8, 4) is 0 Å². The van der Waals surface area contributed by atoms with Gasteiger partial charge in [-0.25, -0.2) is 0 Å². The first kappa shape index (κ1) is 15.0. The van der Waals surface area contributed by atoms with Crippen LogP contribution in [-0.2, 0) is 0 Å². The van der Waals surface area contributed by atoms with Crippen molar-refractivity contribution in [3.05, 3.63) is 68.2 Å². The first-order valence-electron chi connectivity index (χ1n) is 6.21. The minimum atomic E-state index is -0.511. The van der Waals surface area contributed by atoms with Crippen LogP contribution in [0.15, 0.2) is 36.4 Å². The molecule has 0 saturated heterocycles. The zero-order valence-corrected chi connectivity index (χ0v) is 12.3. The number of hydrogen-bond acceptors (Lipinski definition) is 3. The van der Waals surface area contributed by atoms with E-state index >= 15 is 0 Å². The van der Waals surface area contributed by atoms with Gasteiger partial charge in [0.05, 0.1) is 15.6 Å². The number of non-ortho nitro benzene ring substituents is 1. The molecule has 0 atom stereocenters. The van der Waals surface area contributed by atoms with Crippen molar-refractivity contribution < 1.29 is 9.72 Å². The third-order valence-electron chi connectivity index (χ3n) is 3.01. The highest BCUT2D eigenvalue weighted by atomic mass is 35.5. The van der Waals surface area contributed by atoms with Gasteiger partial charge in [0, 0.05) is 17.7 Å². The number of carbonyl (C=O) groups excluding carboxylic acids is 1. The Hall–Kier alpha value is -2.40. The van der Waals surface area contributed by atoms with Crippen LogP contribution in [-0.4, -0.2) is 10.8 Å². The number of anilines is 1. The smallest absolute Gasteiger partial charge is 0.269 e. The predicted molar refractivity (Wildman–Crippen MR) is 82.0 cm³/mol. The Balaban J connectivity index is 2.24. The second-order valence-corrected chi connectivity index (χ2v) is 5.10. The fraction of sp³-hybridized carbons (Fsp3) is 0.133. The van der Waals surface area contributed by atoms with E-state index in [9.17, 15) is 14.9 Å². The van der Waals surface area contributed by atoms with Gasteiger partial charge in [0.1, 0.15) is 0 Å². The van der Waals surface area contributed by atoms with E-state index in [1.165, 1.54) is 24.3 Å². The quantitative estimate of drug-likeness (QED) is 0.685. The number of amides is 1. The second kappa shape index (κ2) is 5.93. The molecule has 0 aliphatic rings. The summed E-state index contributed by atoms with van der Waals surface area (Å²) in [4.78, 5) is 22.2. The molecule has 0 fully saturated rings. The van der Waals surface area contributed by atoms with Crippen molar-refractivity contribution in [1.29, 1.82) is 0 Å². The SMILES string of the molecule is Cc1cc(C)c(NC(=O)c2ccc([N+](=O)[O-])cc2)c(Cl)c1. The van der Waals surface area contributed by atoms with E-state index in [2.05, 4.69) is 5.32 Å². The molecule has 2 aromatic carbocycles. The van der Waals surface area contributed by atoms with E-state index in [-0.39, 0.29) is 11.6 Å². The Morgan fingerprint density at radius 3 is 2.33 bits per heavy atom. The number of hydrogen-bond donors (Lipinski definition) is 1. The number of aryl methyl sites for hydroxylation is 2. The molecule has 2 aromatic rings. The molecular weight excluding hydrogens is 292 g/mol. The van der Waals surface area contributed by atoms with Gasteiger partial charge in [0.15, 0.2) is 0 Å². The van der Waals surface area contributed by atoms with Crippen LogP contribution in [0.3, 0.4) is 0 Å². The minimum Gasteiger partial charge on any atom is -0.320 e. The van der Waals surface area contributed by atoms with Gasteiger partial charge in [0.25, 0.3) is 11.6 Å². The van der Waals surface area contributed by atoms with Crippen LogP contribution in [0.1, 0.15) is 21.5 Å². The van der Waals surface area contributed by atoms with Crippen molar-refractivity contribution in [2.75, 3.05) is 5.32 Å². The normalized spacial score (nSPS) is 10.2. The summed E-state index contributed by atoms with van der Waals surface area (Å²) in [7, 11) is 0. The number of benzene rings is 2. The lowest BCUT2D eigenvalue weighted by Gasteiger charge is -2.11. The number of nitrogens with zero attached hydrogens (tertiary/aromatic N) is 1. The van der Waals surface area contributed by atoms with E-state index in [1.807, 2.05) is 19.9 Å². The van der Waals surface area contributed by atoms with Crippen molar-refractivity contribution in [1.82, 2.24) is 0 Å². The third kappa shape index (κ3) is 3.38. The molecule has 0 aliphatic heterocycles. The lowest BCUT2D eigenvalue weighted by molar-refractivity contribution is -0.384. The molecule has 1 N–H and O–H groups in total. The molecule has 5 nitrogen and oxygen atoms in total. The van der Waals surface area contributed by atoms with Gasteiger partial charge in [-0.15, -0.1) is 0 Å². The predicted octanol–water partition coefficient (Wildman–Crippen LogP) is 4.12. The van der Waals surface area contributed by atoms with Gasteiger partial charge >= 0.3 is 0 Å². The molecule has 1 amide bonds. The molecule has 0 aliphatic carbocycles. The fourth-order valence-corrected chi connectivity index (χ4v) is 2.36. The first-order valence-corrected chi connectivity index (χ1v) is 6.59. The minimum absolute atomic E-state index is 0.0592. The molecule has 0 radical (unpaired) electrons. The highest BCUT2D eigenvalue weighted by molar-refractivity contribution is 6.34. The molecule has 2 rings (SSSR count). The van der Waals surface area contributed by atoms with Crippen LogP contribution in [0, 0.1) is 24.0 Å². The summed E-state index contributed by atoms with van der Waals surface area (Å²) >= 11 is 6.13. The average Bonchev–Trinajstić information content (AvgIpc) is 2.42. The fourth-order valence-electron chi connectivity index (χ4n) is 1.99. The number of nitro groups is 1. The van der Waals surface area contributed by atoms with Crippen LogP contribution in [0.4, 0.5) is 11.4 Å². The van der Waals surface area contributed by atoms with Crippen molar-refractivity contribution in [2.24, 2.45) is 0 Å². The number of carbonyl (C=O) groups is 1. The summed E-state index contributed by atoms with van der Waals surface area (Å²) in [5.74, 6) is -0.362. The van der Waals surface area contributed by atoms with Crippen LogP contribution in [0.25, 0.3) is 0 Å². The van der Waals surface area contributed by atoms with E-state index in [1.54, 1.807) is 6.07 Å². The molecule has 0 saturated carbocycles. The van der Waals surface area contributed by atoms with E-state index in [0.29, 0.717) is 16.3 Å². The molecule has 108 valence electrons. The number of rotatable bonds is 3. The maximum Gasteiger partial charge on any atom is 0.269 e. The van der Waals surface area contributed by atoms with Crippen LogP contribution in [0.2, 0.25) is 5.02 Å². The molecule has 0 aromatic heterocycles. The molecule has 0 spiro atoms. The molecular formula is C15H13ClN2O3. The summed E-state index contributed by atoms with van der Waals surface area (Å²) in [6.07, 6.45) is 0. The lowest BCUT2D eigenvalue weighted by Crippen LogP contribution is -2.13. The largest absolute Gasteiger partial charge is 0.320 e. The van der Waals surface area contributed by atoms with Gasteiger partial charge in [-0.3, -0.25) is 14.9 Å². The summed E-state index contributed by atoms with van der Waals surface area (Å²) in [5, 5.41) is 13.8. The Bertz CT molecular complexity index is 688. The summed E-state index contributed by atoms with van der Waals surface area (Å²) in [5.41, 5.74) is 2.68. The Morgan fingerprint density at radius 1 is 1.19 bits per heavy atom. The molecule has 0 bridgehead atoms. The van der Waals surface area contributed by atoms with Gasteiger partial charge in [-0.2, -0.15) is 0 Å². The van der Waals surface area contributed by atoms with Crippen molar-refractivity contribution in [2.45, 2.75) is 13.8 Å². The molecule has 6 heteroatoms. The van der Waals surface area contributed by atoms with Gasteiger partial charge in [-0.05, 0) is 43.2 Å². The van der Waals surface area contributed by atoms with Gasteiger partial charge in [-0.1, -0.05) is 17.7 Å². The number of nitrogens with one attached hydrogen (secondary N) is 1. The van der Waals surface area contributed by atoms with Crippen LogP contribution < -0.4 is 5.32 Å². The Kier molecular flexibility index (Phi) is 4.23. The Labute approximate surface area is 126 Å². The van der Waals surface area contributed by atoms with Crippen LogP contribution in [0.5, 0.6) is 0 Å². The van der Waals surface area contributed by atoms with Crippen LogP contribution >= 0.6 is 11.6 Å². The molecule has 0 heterocycles. The number of halogens is 1. The third-order valence-corrected chi connectivity index (χ3v) is 3.31. The highest BCUT2D eigenvalue weighted by Gasteiger charge is 2.13. The summed E-state index contributed by atoms with van der Waals surface area (Å²) in [6.45, 7) is 3.77. The maximum absolute atomic E-state index is 12.1. The lowest BCUT2D eigenvalue weighted by atomic mass is 10.1. The van der Waals surface area contributed by atoms with Gasteiger partial charge < -0.3 is 5.32 Å². The molecule has 21 heavy (non-hydrogen) atoms.